The monoisotopic (exact) mass is 198 g/mol. The average molecular weight is 198 g/mol. The molecule has 0 aliphatic heterocycles. The van der Waals surface area contributed by atoms with Crippen LogP contribution in [0.4, 0.5) is 0 Å². The van der Waals surface area contributed by atoms with Gasteiger partial charge in [0.1, 0.15) is 10.7 Å². The summed E-state index contributed by atoms with van der Waals surface area (Å²) in [5.41, 5.74) is 6.11. The van der Waals surface area contributed by atoms with E-state index in [1.165, 1.54) is 0 Å². The third-order valence-corrected chi connectivity index (χ3v) is 2.04. The lowest BCUT2D eigenvalue weighted by atomic mass is 10.1. The second-order valence-corrected chi connectivity index (χ2v) is 3.08. The summed E-state index contributed by atoms with van der Waals surface area (Å²) in [5.74, 6) is -1.02. The Morgan fingerprint density at radius 3 is 3.00 bits per heavy atom. The molecule has 0 saturated carbocycles. The minimum absolute atomic E-state index is 0.255. The minimum atomic E-state index is -1.02. The van der Waals surface area contributed by atoms with Crippen LogP contribution in [0.2, 0.25) is 0 Å². The van der Waals surface area contributed by atoms with Crippen molar-refractivity contribution >= 4 is 18.2 Å². The number of rotatable bonds is 3. The van der Waals surface area contributed by atoms with Crippen molar-refractivity contribution in [1.82, 2.24) is 4.98 Å². The smallest absolute Gasteiger partial charge is 0.320 e. The van der Waals surface area contributed by atoms with Crippen LogP contribution in [0, 0.1) is 4.64 Å². The normalized spacial score (nSPS) is 12.4. The molecular formula is C8H10N2O2S. The number of nitrogens with one attached hydrogen (secondary N) is 1. The average Bonchev–Trinajstić information content (AvgIpc) is 2.08. The molecule has 0 saturated heterocycles. The number of aromatic amines is 1. The van der Waals surface area contributed by atoms with Gasteiger partial charge in [-0.3, -0.25) is 4.79 Å². The van der Waals surface area contributed by atoms with Crippen LogP contribution in [-0.4, -0.2) is 22.1 Å². The minimum Gasteiger partial charge on any atom is -0.480 e. The molecule has 5 heteroatoms. The van der Waals surface area contributed by atoms with Crippen LogP contribution < -0.4 is 5.73 Å². The van der Waals surface area contributed by atoms with E-state index >= 15 is 0 Å². The maximum Gasteiger partial charge on any atom is 0.320 e. The van der Waals surface area contributed by atoms with Gasteiger partial charge in [-0.2, -0.15) is 0 Å². The van der Waals surface area contributed by atoms with Crippen molar-refractivity contribution in [2.24, 2.45) is 5.73 Å². The Morgan fingerprint density at radius 1 is 1.77 bits per heavy atom. The molecule has 0 amide bonds. The van der Waals surface area contributed by atoms with Crippen molar-refractivity contribution in [2.75, 3.05) is 0 Å². The predicted octanol–water partition coefficient (Wildman–Crippen LogP) is 0.699. The number of nitrogens with two attached hydrogens (primary N) is 1. The summed E-state index contributed by atoms with van der Waals surface area (Å²) in [6.45, 7) is 0. The van der Waals surface area contributed by atoms with E-state index in [0.717, 1.165) is 5.56 Å². The first-order chi connectivity index (χ1) is 6.11. The molecule has 0 aliphatic carbocycles. The quantitative estimate of drug-likeness (QED) is 0.624. The van der Waals surface area contributed by atoms with Crippen molar-refractivity contribution in [1.29, 1.82) is 0 Å². The zero-order chi connectivity index (χ0) is 9.84. The fraction of sp³-hybridized carbons (Fsp3) is 0.250. The first kappa shape index (κ1) is 9.88. The highest BCUT2D eigenvalue weighted by Crippen LogP contribution is 2.02. The maximum atomic E-state index is 10.4. The van der Waals surface area contributed by atoms with Crippen molar-refractivity contribution in [2.45, 2.75) is 12.5 Å². The number of carbonyl (C=O) groups is 1. The Morgan fingerprint density at radius 2 is 2.46 bits per heavy atom. The first-order valence-corrected chi connectivity index (χ1v) is 4.17. The lowest BCUT2D eigenvalue weighted by Gasteiger charge is -2.05. The fourth-order valence-electron chi connectivity index (χ4n) is 0.941. The SMILES string of the molecule is N[C@H](Cc1ccc[nH]c1=S)C(=O)O. The molecule has 1 aromatic heterocycles. The molecule has 0 fully saturated rings. The van der Waals surface area contributed by atoms with Crippen LogP contribution in [-0.2, 0) is 11.2 Å². The number of carboxylic acid groups (broad SMARTS) is 1. The standard InChI is InChI=1S/C8H10N2O2S/c9-6(8(11)12)4-5-2-1-3-10-7(5)13/h1-3,6H,4,9H2,(H,10,13)(H,11,12)/t6-/m1/s1. The summed E-state index contributed by atoms with van der Waals surface area (Å²) >= 11 is 4.95. The number of hydrogen-bond donors (Lipinski definition) is 3. The number of hydrogen-bond acceptors (Lipinski definition) is 3. The Bertz CT molecular complexity index is 361. The largest absolute Gasteiger partial charge is 0.480 e. The van der Waals surface area contributed by atoms with E-state index in [-0.39, 0.29) is 6.42 Å². The van der Waals surface area contributed by atoms with Crippen molar-refractivity contribution in [3.63, 3.8) is 0 Å². The molecule has 1 aromatic rings. The van der Waals surface area contributed by atoms with Gasteiger partial charge in [0.05, 0.1) is 0 Å². The number of H-pyrrole nitrogens is 1. The Balaban J connectivity index is 2.81. The molecule has 0 radical (unpaired) electrons. The fourth-order valence-corrected chi connectivity index (χ4v) is 1.16. The molecule has 0 spiro atoms. The van der Waals surface area contributed by atoms with Crippen LogP contribution in [0.25, 0.3) is 0 Å². The number of pyridine rings is 1. The van der Waals surface area contributed by atoms with Crippen LogP contribution in [0.1, 0.15) is 5.56 Å². The van der Waals surface area contributed by atoms with Gasteiger partial charge >= 0.3 is 5.97 Å². The molecule has 0 unspecified atom stereocenters. The summed E-state index contributed by atoms with van der Waals surface area (Å²) in [6.07, 6.45) is 1.95. The lowest BCUT2D eigenvalue weighted by molar-refractivity contribution is -0.138. The van der Waals surface area contributed by atoms with E-state index in [0.29, 0.717) is 4.64 Å². The van der Waals surface area contributed by atoms with E-state index in [2.05, 4.69) is 4.98 Å². The topological polar surface area (TPSA) is 79.1 Å². The van der Waals surface area contributed by atoms with Crippen molar-refractivity contribution < 1.29 is 9.90 Å². The Kier molecular flexibility index (Phi) is 3.16. The molecule has 1 rings (SSSR count). The second kappa shape index (κ2) is 4.15. The van der Waals surface area contributed by atoms with E-state index in [9.17, 15) is 4.79 Å². The molecule has 1 heterocycles. The third-order valence-electron chi connectivity index (χ3n) is 1.66. The molecular weight excluding hydrogens is 188 g/mol. The highest BCUT2D eigenvalue weighted by atomic mass is 32.1. The molecule has 13 heavy (non-hydrogen) atoms. The van der Waals surface area contributed by atoms with Gasteiger partial charge in [-0.25, -0.2) is 0 Å². The van der Waals surface area contributed by atoms with Crippen LogP contribution in [0.3, 0.4) is 0 Å². The van der Waals surface area contributed by atoms with E-state index in [1.807, 2.05) is 0 Å². The molecule has 0 aromatic carbocycles. The predicted molar refractivity (Wildman–Crippen MR) is 50.9 cm³/mol. The van der Waals surface area contributed by atoms with Gasteiger partial charge < -0.3 is 15.8 Å². The molecule has 4 N–H and O–H groups in total. The summed E-state index contributed by atoms with van der Waals surface area (Å²) < 4.78 is 0.541. The zero-order valence-corrected chi connectivity index (χ0v) is 7.67. The van der Waals surface area contributed by atoms with Crippen LogP contribution >= 0.6 is 12.2 Å². The summed E-state index contributed by atoms with van der Waals surface area (Å²) in [5, 5.41) is 8.56. The first-order valence-electron chi connectivity index (χ1n) is 3.76. The van der Waals surface area contributed by atoms with Gasteiger partial charge in [0.2, 0.25) is 0 Å². The molecule has 0 aliphatic rings. The van der Waals surface area contributed by atoms with Gasteiger partial charge in [0.15, 0.2) is 0 Å². The van der Waals surface area contributed by atoms with E-state index < -0.39 is 12.0 Å². The van der Waals surface area contributed by atoms with Crippen LogP contribution in [0.5, 0.6) is 0 Å². The molecule has 1 atom stereocenters. The summed E-state index contributed by atoms with van der Waals surface area (Å²) in [4.78, 5) is 13.3. The van der Waals surface area contributed by atoms with Gasteiger partial charge in [-0.05, 0) is 11.6 Å². The van der Waals surface area contributed by atoms with Crippen LogP contribution in [0.15, 0.2) is 18.3 Å². The maximum absolute atomic E-state index is 10.4. The molecule has 4 nitrogen and oxygen atoms in total. The van der Waals surface area contributed by atoms with E-state index in [1.54, 1.807) is 18.3 Å². The number of aliphatic carboxylic acids is 1. The third kappa shape index (κ3) is 2.64. The Hall–Kier alpha value is -1.20. The van der Waals surface area contributed by atoms with Crippen molar-refractivity contribution in [3.05, 3.63) is 28.5 Å². The van der Waals surface area contributed by atoms with Gasteiger partial charge in [-0.1, -0.05) is 18.3 Å². The number of carboxylic acids is 1. The summed E-state index contributed by atoms with van der Waals surface area (Å²) in [6, 6.07) is 2.64. The second-order valence-electron chi connectivity index (χ2n) is 2.67. The zero-order valence-electron chi connectivity index (χ0n) is 6.86. The van der Waals surface area contributed by atoms with Gasteiger partial charge in [0, 0.05) is 12.6 Å². The van der Waals surface area contributed by atoms with Gasteiger partial charge in [-0.15, -0.1) is 0 Å². The highest BCUT2D eigenvalue weighted by molar-refractivity contribution is 7.71. The number of aromatic nitrogens is 1. The molecule has 0 bridgehead atoms. The van der Waals surface area contributed by atoms with E-state index in [4.69, 9.17) is 23.1 Å². The van der Waals surface area contributed by atoms with Gasteiger partial charge in [0.25, 0.3) is 0 Å². The molecule has 70 valence electrons. The van der Waals surface area contributed by atoms with Crippen molar-refractivity contribution in [3.8, 4) is 0 Å². The lowest BCUT2D eigenvalue weighted by Crippen LogP contribution is -2.32. The summed E-state index contributed by atoms with van der Waals surface area (Å²) in [7, 11) is 0. The Labute approximate surface area is 80.4 Å². The highest BCUT2D eigenvalue weighted by Gasteiger charge is 2.12.